The van der Waals surface area contributed by atoms with E-state index < -0.39 is 5.97 Å². The lowest BCUT2D eigenvalue weighted by atomic mass is 9.91. The maximum absolute atomic E-state index is 13.4. The number of carbonyl (C=O) groups is 1. The Balaban J connectivity index is 1.41. The lowest BCUT2D eigenvalue weighted by Crippen LogP contribution is -2.42. The van der Waals surface area contributed by atoms with Gasteiger partial charge in [0.2, 0.25) is 5.43 Å². The summed E-state index contributed by atoms with van der Waals surface area (Å²) >= 11 is 1.85. The molecule has 3 heterocycles. The molecule has 0 spiro atoms. The first-order valence-corrected chi connectivity index (χ1v) is 14.8. The van der Waals surface area contributed by atoms with Crippen LogP contribution in [0.5, 0.6) is 5.75 Å². The van der Waals surface area contributed by atoms with E-state index in [1.807, 2.05) is 23.5 Å². The third-order valence-electron chi connectivity index (χ3n) is 8.32. The molecular weight excluding hydrogens is 498 g/mol. The molecule has 0 amide bonds. The van der Waals surface area contributed by atoms with E-state index in [4.69, 9.17) is 9.47 Å². The van der Waals surface area contributed by atoms with Gasteiger partial charge in [-0.2, -0.15) is 0 Å². The molecule has 2 aliphatic carbocycles. The van der Waals surface area contributed by atoms with E-state index in [0.717, 1.165) is 43.4 Å². The molecule has 7 nitrogen and oxygen atoms in total. The summed E-state index contributed by atoms with van der Waals surface area (Å²) in [4.78, 5) is 31.0. The van der Waals surface area contributed by atoms with Crippen LogP contribution < -0.4 is 15.5 Å². The molecule has 1 saturated heterocycles. The van der Waals surface area contributed by atoms with Crippen LogP contribution in [0.1, 0.15) is 78.3 Å². The molecule has 202 valence electrons. The van der Waals surface area contributed by atoms with Crippen LogP contribution in [-0.2, 0) is 11.2 Å². The number of aryl methyl sites for hydroxylation is 1. The average Bonchev–Trinajstić information content (AvgIpc) is 3.67. The molecule has 1 saturated carbocycles. The summed E-state index contributed by atoms with van der Waals surface area (Å²) in [5.74, 6) is 0.145. The maximum atomic E-state index is 13.4. The fourth-order valence-electron chi connectivity index (χ4n) is 6.13. The number of methoxy groups -OCH3 is 1. The van der Waals surface area contributed by atoms with Crippen LogP contribution in [0.15, 0.2) is 29.2 Å². The highest BCUT2D eigenvalue weighted by Gasteiger charge is 2.31. The Bertz CT molecular complexity index is 1420. The molecule has 1 aromatic carbocycles. The third-order valence-corrected chi connectivity index (χ3v) is 9.57. The highest BCUT2D eigenvalue weighted by atomic mass is 32.1. The summed E-state index contributed by atoms with van der Waals surface area (Å²) in [5.41, 5.74) is 3.01. The summed E-state index contributed by atoms with van der Waals surface area (Å²) in [6.07, 6.45) is 9.60. The zero-order valence-corrected chi connectivity index (χ0v) is 23.4. The minimum Gasteiger partial charge on any atom is -0.494 e. The quantitative estimate of drug-likeness (QED) is 0.414. The van der Waals surface area contributed by atoms with Crippen LogP contribution in [0.4, 0.5) is 0 Å². The van der Waals surface area contributed by atoms with Crippen LogP contribution >= 0.6 is 11.3 Å². The van der Waals surface area contributed by atoms with Crippen LogP contribution in [0.2, 0.25) is 0 Å². The van der Waals surface area contributed by atoms with Crippen LogP contribution in [0.25, 0.3) is 21.3 Å². The number of esters is 1. The van der Waals surface area contributed by atoms with E-state index in [-0.39, 0.29) is 23.6 Å². The van der Waals surface area contributed by atoms with Crippen LogP contribution in [0.3, 0.4) is 0 Å². The first-order chi connectivity index (χ1) is 18.5. The number of likely N-dealkylation sites (tertiary alicyclic amines) is 1. The van der Waals surface area contributed by atoms with Gasteiger partial charge in [0.1, 0.15) is 5.56 Å². The number of pyridine rings is 1. The largest absolute Gasteiger partial charge is 0.494 e. The van der Waals surface area contributed by atoms with Gasteiger partial charge < -0.3 is 24.3 Å². The van der Waals surface area contributed by atoms with E-state index in [1.54, 1.807) is 20.2 Å². The zero-order valence-electron chi connectivity index (χ0n) is 22.5. The number of rotatable bonds is 7. The number of hydrogen-bond donors (Lipinski definition) is 1. The molecule has 1 atom stereocenters. The number of nitrogens with one attached hydrogen (secondary N) is 1. The predicted octanol–water partition coefficient (Wildman–Crippen LogP) is 5.31. The molecule has 1 aliphatic heterocycles. The molecule has 1 unspecified atom stereocenters. The van der Waals surface area contributed by atoms with E-state index in [0.29, 0.717) is 23.2 Å². The molecule has 38 heavy (non-hydrogen) atoms. The molecule has 0 radical (unpaired) electrons. The first kappa shape index (κ1) is 25.6. The molecule has 3 aromatic rings. The number of fused-ring (bicyclic) bond motifs is 2. The minimum atomic E-state index is -0.564. The molecule has 3 aliphatic rings. The van der Waals surface area contributed by atoms with Gasteiger partial charge in [-0.15, -0.1) is 11.3 Å². The monoisotopic (exact) mass is 535 g/mol. The van der Waals surface area contributed by atoms with Gasteiger partial charge in [-0.3, -0.25) is 4.79 Å². The van der Waals surface area contributed by atoms with Crippen molar-refractivity contribution in [1.29, 1.82) is 0 Å². The Morgan fingerprint density at radius 2 is 1.95 bits per heavy atom. The van der Waals surface area contributed by atoms with Crippen molar-refractivity contribution in [2.75, 3.05) is 33.9 Å². The molecule has 0 bridgehead atoms. The Kier molecular flexibility index (Phi) is 7.05. The van der Waals surface area contributed by atoms with Crippen molar-refractivity contribution >= 4 is 28.2 Å². The minimum absolute atomic E-state index is 0.0930. The van der Waals surface area contributed by atoms with Crippen molar-refractivity contribution in [2.45, 2.75) is 70.0 Å². The fraction of sp³-hybridized carbons (Fsp3) is 0.533. The number of carbonyl (C=O) groups excluding carboxylic acids is 1. The standard InChI is InChI=1S/C30H37N3O4S/c1-4-37-30(35)23-17-33(19-8-9-19)27-21(28(23)34)11-10-20(29(27)36-3)26-16-22-24(6-5-7-25(22)38-26)31-18-12-14-32(2)15-13-18/h10-11,16-19,24,31H,4-9,12-15H2,1-3H3. The van der Waals surface area contributed by atoms with Gasteiger partial charge in [-0.05, 0) is 95.8 Å². The highest BCUT2D eigenvalue weighted by Crippen LogP contribution is 2.46. The smallest absolute Gasteiger partial charge is 0.343 e. The topological polar surface area (TPSA) is 72.8 Å². The Morgan fingerprint density at radius 1 is 1.16 bits per heavy atom. The van der Waals surface area contributed by atoms with Gasteiger partial charge in [0.25, 0.3) is 0 Å². The Hall–Kier alpha value is -2.68. The van der Waals surface area contributed by atoms with Crippen molar-refractivity contribution in [3.05, 3.63) is 50.6 Å². The van der Waals surface area contributed by atoms with Gasteiger partial charge >= 0.3 is 5.97 Å². The number of ether oxygens (including phenoxy) is 2. The predicted molar refractivity (Wildman–Crippen MR) is 152 cm³/mol. The van der Waals surface area contributed by atoms with E-state index in [2.05, 4.69) is 27.9 Å². The van der Waals surface area contributed by atoms with Gasteiger partial charge in [-0.25, -0.2) is 4.79 Å². The number of piperidine rings is 1. The fourth-order valence-corrected chi connectivity index (χ4v) is 7.42. The van der Waals surface area contributed by atoms with Crippen LogP contribution in [0, 0.1) is 0 Å². The normalized spacial score (nSPS) is 20.4. The zero-order chi connectivity index (χ0) is 26.4. The van der Waals surface area contributed by atoms with Crippen molar-refractivity contribution in [2.24, 2.45) is 0 Å². The van der Waals surface area contributed by atoms with Gasteiger partial charge in [0, 0.05) is 39.6 Å². The molecule has 6 rings (SSSR count). The first-order valence-electron chi connectivity index (χ1n) is 14.0. The highest BCUT2D eigenvalue weighted by molar-refractivity contribution is 7.15. The molecule has 1 N–H and O–H groups in total. The average molecular weight is 536 g/mol. The third kappa shape index (κ3) is 4.67. The number of aromatic nitrogens is 1. The lowest BCUT2D eigenvalue weighted by Gasteiger charge is -2.34. The summed E-state index contributed by atoms with van der Waals surface area (Å²) in [6, 6.07) is 7.43. The number of thiophene rings is 1. The van der Waals surface area contributed by atoms with E-state index in [9.17, 15) is 9.59 Å². The van der Waals surface area contributed by atoms with E-state index >= 15 is 0 Å². The van der Waals surface area contributed by atoms with Crippen LogP contribution in [-0.4, -0.2) is 55.3 Å². The lowest BCUT2D eigenvalue weighted by molar-refractivity contribution is 0.0524. The molecule has 2 aromatic heterocycles. The van der Waals surface area contributed by atoms with Gasteiger partial charge in [-0.1, -0.05) is 0 Å². The number of hydrogen-bond acceptors (Lipinski definition) is 7. The van der Waals surface area contributed by atoms with Crippen molar-refractivity contribution in [3.63, 3.8) is 0 Å². The second-order valence-electron chi connectivity index (χ2n) is 11.0. The SMILES string of the molecule is CCOC(=O)c1cn(C2CC2)c2c(OC)c(-c3cc4c(s3)CCCC4NC3CCN(C)CC3)ccc2c1=O. The second kappa shape index (κ2) is 10.5. The summed E-state index contributed by atoms with van der Waals surface area (Å²) in [6.45, 7) is 4.29. The summed E-state index contributed by atoms with van der Waals surface area (Å²) in [7, 11) is 3.88. The number of nitrogens with zero attached hydrogens (tertiary/aromatic N) is 2. The molecular formula is C30H37N3O4S. The summed E-state index contributed by atoms with van der Waals surface area (Å²) in [5, 5.41) is 4.49. The van der Waals surface area contributed by atoms with Gasteiger partial charge in [0.15, 0.2) is 5.75 Å². The number of benzene rings is 1. The summed E-state index contributed by atoms with van der Waals surface area (Å²) < 4.78 is 13.3. The van der Waals surface area contributed by atoms with Crippen molar-refractivity contribution in [1.82, 2.24) is 14.8 Å². The van der Waals surface area contributed by atoms with Gasteiger partial charge in [0.05, 0.1) is 24.6 Å². The molecule has 2 fully saturated rings. The Morgan fingerprint density at radius 3 is 2.66 bits per heavy atom. The van der Waals surface area contributed by atoms with Crippen molar-refractivity contribution in [3.8, 4) is 16.2 Å². The van der Waals surface area contributed by atoms with Crippen molar-refractivity contribution < 1.29 is 14.3 Å². The molecule has 8 heteroatoms. The Labute approximate surface area is 227 Å². The maximum Gasteiger partial charge on any atom is 0.343 e. The van der Waals surface area contributed by atoms with E-state index in [1.165, 1.54) is 41.0 Å². The second-order valence-corrected chi connectivity index (χ2v) is 12.1.